The molecule has 1 aliphatic heterocycles. The van der Waals surface area contributed by atoms with Crippen molar-refractivity contribution < 1.29 is 14.3 Å². The molecule has 1 rings (SSSR count). The van der Waals surface area contributed by atoms with Crippen molar-refractivity contribution in [3.05, 3.63) is 0 Å². The van der Waals surface area contributed by atoms with E-state index in [1.165, 1.54) is 0 Å². The van der Waals surface area contributed by atoms with Gasteiger partial charge in [-0.15, -0.1) is 0 Å². The van der Waals surface area contributed by atoms with Crippen molar-refractivity contribution in [2.24, 2.45) is 0 Å². The summed E-state index contributed by atoms with van der Waals surface area (Å²) < 4.78 is 12.8. The van der Waals surface area contributed by atoms with E-state index in [9.17, 15) is 9.18 Å². The Morgan fingerprint density at radius 1 is 1.73 bits per heavy atom. The summed E-state index contributed by atoms with van der Waals surface area (Å²) in [6.07, 6.45) is -1.83. The minimum atomic E-state index is -1.17. The number of amides is 1. The number of carboxylic acid groups (broad SMARTS) is 1. The Bertz CT molecular complexity index is 154. The first-order chi connectivity index (χ1) is 5.20. The molecule has 0 radical (unpaired) electrons. The standard InChI is InChI=1S/C6H11FN2O2/c7-4-1-2-8-3-5(4)9-6(10)11/h4-5,8-9H,1-3H2,(H,10,11)/t4-,5+/m0/s1. The van der Waals surface area contributed by atoms with Crippen LogP contribution in [0.5, 0.6) is 0 Å². The van der Waals surface area contributed by atoms with Crippen LogP contribution in [0, 0.1) is 0 Å². The molecule has 0 aliphatic carbocycles. The molecule has 3 N–H and O–H groups in total. The second-order valence-corrected chi connectivity index (χ2v) is 2.56. The summed E-state index contributed by atoms with van der Waals surface area (Å²) in [7, 11) is 0. The van der Waals surface area contributed by atoms with Gasteiger partial charge in [0.1, 0.15) is 6.17 Å². The van der Waals surface area contributed by atoms with Crippen molar-refractivity contribution in [2.45, 2.75) is 18.6 Å². The molecule has 1 heterocycles. The average Bonchev–Trinajstić information content (AvgIpc) is 1.93. The SMILES string of the molecule is O=C(O)N[C@@H]1CNCC[C@@H]1F. The number of hydrogen-bond donors (Lipinski definition) is 3. The number of halogens is 1. The molecule has 1 aliphatic rings. The molecular formula is C6H11FN2O2. The van der Waals surface area contributed by atoms with Gasteiger partial charge in [0.25, 0.3) is 0 Å². The molecule has 0 unspecified atom stereocenters. The number of hydrogen-bond acceptors (Lipinski definition) is 2. The molecule has 0 saturated carbocycles. The van der Waals surface area contributed by atoms with Gasteiger partial charge in [-0.1, -0.05) is 0 Å². The van der Waals surface area contributed by atoms with Gasteiger partial charge in [0.15, 0.2) is 0 Å². The van der Waals surface area contributed by atoms with E-state index in [2.05, 4.69) is 10.6 Å². The van der Waals surface area contributed by atoms with E-state index in [0.29, 0.717) is 19.5 Å². The molecule has 0 bridgehead atoms. The second-order valence-electron chi connectivity index (χ2n) is 2.56. The lowest BCUT2D eigenvalue weighted by molar-refractivity contribution is 0.162. The number of piperidine rings is 1. The monoisotopic (exact) mass is 162 g/mol. The maximum atomic E-state index is 12.8. The first kappa shape index (κ1) is 8.26. The molecule has 0 spiro atoms. The first-order valence-electron chi connectivity index (χ1n) is 3.54. The van der Waals surface area contributed by atoms with Gasteiger partial charge in [-0.2, -0.15) is 0 Å². The van der Waals surface area contributed by atoms with Gasteiger partial charge in [-0.25, -0.2) is 9.18 Å². The average molecular weight is 162 g/mol. The van der Waals surface area contributed by atoms with Gasteiger partial charge in [0.05, 0.1) is 6.04 Å². The van der Waals surface area contributed by atoms with Crippen molar-refractivity contribution >= 4 is 6.09 Å². The number of alkyl halides is 1. The zero-order chi connectivity index (χ0) is 8.27. The van der Waals surface area contributed by atoms with Crippen LogP contribution in [0.4, 0.5) is 9.18 Å². The van der Waals surface area contributed by atoms with Crippen molar-refractivity contribution in [1.29, 1.82) is 0 Å². The van der Waals surface area contributed by atoms with Crippen LogP contribution in [0.3, 0.4) is 0 Å². The smallest absolute Gasteiger partial charge is 0.405 e. The number of rotatable bonds is 1. The fourth-order valence-corrected chi connectivity index (χ4v) is 1.13. The third-order valence-corrected chi connectivity index (χ3v) is 1.71. The molecule has 2 atom stereocenters. The van der Waals surface area contributed by atoms with Gasteiger partial charge in [0.2, 0.25) is 0 Å². The Morgan fingerprint density at radius 2 is 2.45 bits per heavy atom. The van der Waals surface area contributed by atoms with Crippen LogP contribution in [0.25, 0.3) is 0 Å². The number of carbonyl (C=O) groups is 1. The zero-order valence-corrected chi connectivity index (χ0v) is 6.01. The maximum Gasteiger partial charge on any atom is 0.405 e. The van der Waals surface area contributed by atoms with Crippen LogP contribution >= 0.6 is 0 Å². The predicted molar refractivity (Wildman–Crippen MR) is 37.3 cm³/mol. The zero-order valence-electron chi connectivity index (χ0n) is 6.01. The van der Waals surface area contributed by atoms with E-state index >= 15 is 0 Å². The fraction of sp³-hybridized carbons (Fsp3) is 0.833. The van der Waals surface area contributed by atoms with E-state index in [1.807, 2.05) is 0 Å². The lowest BCUT2D eigenvalue weighted by Gasteiger charge is -2.26. The first-order valence-corrected chi connectivity index (χ1v) is 3.54. The summed E-state index contributed by atoms with van der Waals surface area (Å²) in [5.41, 5.74) is 0. The van der Waals surface area contributed by atoms with Crippen LogP contribution in [-0.4, -0.2) is 36.5 Å². The minimum absolute atomic E-state index is 0.380. The van der Waals surface area contributed by atoms with Crippen LogP contribution in [0.1, 0.15) is 6.42 Å². The van der Waals surface area contributed by atoms with Crippen LogP contribution in [-0.2, 0) is 0 Å². The lowest BCUT2D eigenvalue weighted by Crippen LogP contribution is -2.51. The second kappa shape index (κ2) is 3.52. The van der Waals surface area contributed by atoms with Crippen LogP contribution in [0.15, 0.2) is 0 Å². The molecule has 11 heavy (non-hydrogen) atoms. The van der Waals surface area contributed by atoms with Gasteiger partial charge in [-0.3, -0.25) is 0 Å². The quantitative estimate of drug-likeness (QED) is 0.506. The molecule has 1 saturated heterocycles. The maximum absolute atomic E-state index is 12.8. The van der Waals surface area contributed by atoms with Gasteiger partial charge in [-0.05, 0) is 13.0 Å². The summed E-state index contributed by atoms with van der Waals surface area (Å²) in [6.45, 7) is 1.01. The topological polar surface area (TPSA) is 61.4 Å². The van der Waals surface area contributed by atoms with Gasteiger partial charge in [0, 0.05) is 6.54 Å². The van der Waals surface area contributed by atoms with Crippen molar-refractivity contribution in [3.63, 3.8) is 0 Å². The molecule has 4 nitrogen and oxygen atoms in total. The largest absolute Gasteiger partial charge is 0.465 e. The lowest BCUT2D eigenvalue weighted by atomic mass is 10.1. The molecule has 64 valence electrons. The third kappa shape index (κ3) is 2.34. The Balaban J connectivity index is 2.35. The van der Waals surface area contributed by atoms with Gasteiger partial charge >= 0.3 is 6.09 Å². The molecule has 5 heteroatoms. The van der Waals surface area contributed by atoms with Crippen LogP contribution < -0.4 is 10.6 Å². The predicted octanol–water partition coefficient (Wildman–Crippen LogP) is -0.0460. The summed E-state index contributed by atoms with van der Waals surface area (Å²) in [6, 6.07) is -0.582. The Hall–Kier alpha value is -0.840. The molecule has 1 fully saturated rings. The summed E-state index contributed by atoms with van der Waals surface area (Å²) in [5, 5.41) is 13.3. The highest BCUT2D eigenvalue weighted by molar-refractivity contribution is 5.65. The number of nitrogens with one attached hydrogen (secondary N) is 2. The molecule has 0 aromatic carbocycles. The third-order valence-electron chi connectivity index (χ3n) is 1.71. The van der Waals surface area contributed by atoms with E-state index in [4.69, 9.17) is 5.11 Å². The van der Waals surface area contributed by atoms with Crippen molar-refractivity contribution in [1.82, 2.24) is 10.6 Å². The Labute approximate surface area is 63.8 Å². The fourth-order valence-electron chi connectivity index (χ4n) is 1.13. The molecule has 0 aromatic rings. The van der Waals surface area contributed by atoms with E-state index in [1.54, 1.807) is 0 Å². The highest BCUT2D eigenvalue weighted by Gasteiger charge is 2.25. The van der Waals surface area contributed by atoms with Crippen LogP contribution in [0.2, 0.25) is 0 Å². The normalized spacial score (nSPS) is 31.4. The van der Waals surface area contributed by atoms with Crippen molar-refractivity contribution in [2.75, 3.05) is 13.1 Å². The Morgan fingerprint density at radius 3 is 3.00 bits per heavy atom. The summed E-state index contributed by atoms with van der Waals surface area (Å²) in [5.74, 6) is 0. The van der Waals surface area contributed by atoms with E-state index in [0.717, 1.165) is 0 Å². The molecule has 0 aromatic heterocycles. The highest BCUT2D eigenvalue weighted by atomic mass is 19.1. The van der Waals surface area contributed by atoms with Gasteiger partial charge < -0.3 is 15.7 Å². The van der Waals surface area contributed by atoms with E-state index < -0.39 is 18.3 Å². The van der Waals surface area contributed by atoms with E-state index in [-0.39, 0.29) is 0 Å². The highest BCUT2D eigenvalue weighted by Crippen LogP contribution is 2.07. The summed E-state index contributed by atoms with van der Waals surface area (Å²) >= 11 is 0. The summed E-state index contributed by atoms with van der Waals surface area (Å²) in [4.78, 5) is 10.1. The Kier molecular flexibility index (Phi) is 2.64. The van der Waals surface area contributed by atoms with Crippen molar-refractivity contribution in [3.8, 4) is 0 Å². The molecule has 1 amide bonds. The molecular weight excluding hydrogens is 151 g/mol. The minimum Gasteiger partial charge on any atom is -0.465 e.